The van der Waals surface area contributed by atoms with Gasteiger partial charge in [-0.2, -0.15) is 0 Å². The maximum atomic E-state index is 6.27. The van der Waals surface area contributed by atoms with E-state index in [4.69, 9.17) is 4.42 Å². The van der Waals surface area contributed by atoms with E-state index in [9.17, 15) is 0 Å². The molecule has 7 aromatic carbocycles. The largest absolute Gasteiger partial charge is 0.455 e. The van der Waals surface area contributed by atoms with Crippen LogP contribution in [0.15, 0.2) is 230 Å². The molecule has 322 valence electrons. The minimum atomic E-state index is 0.890. The Labute approximate surface area is 390 Å². The highest BCUT2D eigenvalue weighted by Crippen LogP contribution is 2.43. The van der Waals surface area contributed by atoms with Crippen LogP contribution >= 0.6 is 0 Å². The topological polar surface area (TPSA) is 16.4 Å². The number of para-hydroxylation sites is 3. The van der Waals surface area contributed by atoms with Gasteiger partial charge in [0.2, 0.25) is 0 Å². The summed E-state index contributed by atoms with van der Waals surface area (Å²) in [5, 5.41) is 2.31. The Morgan fingerprint density at radius 3 is 2.15 bits per heavy atom. The highest BCUT2D eigenvalue weighted by molar-refractivity contribution is 6.09. The van der Waals surface area contributed by atoms with Crippen LogP contribution < -0.4 is 4.90 Å². The van der Waals surface area contributed by atoms with E-state index in [1.54, 1.807) is 0 Å². The maximum Gasteiger partial charge on any atom is 0.143 e. The number of rotatable bonds is 5. The molecule has 0 unspecified atom stereocenters. The molecule has 0 spiro atoms. The lowest BCUT2D eigenvalue weighted by molar-refractivity contribution is 0.668. The lowest BCUT2D eigenvalue weighted by Gasteiger charge is -2.28. The Morgan fingerprint density at radius 2 is 1.32 bits per heavy atom. The predicted molar refractivity (Wildman–Crippen MR) is 286 cm³/mol. The van der Waals surface area contributed by atoms with Gasteiger partial charge in [0.25, 0.3) is 0 Å². The molecule has 1 aliphatic heterocycles. The number of nitrogens with zero attached hydrogens (tertiary/aromatic N) is 1. The van der Waals surface area contributed by atoms with E-state index in [2.05, 4.69) is 226 Å². The van der Waals surface area contributed by atoms with Crippen molar-refractivity contribution in [2.45, 2.75) is 40.5 Å². The summed E-state index contributed by atoms with van der Waals surface area (Å²) >= 11 is 0. The van der Waals surface area contributed by atoms with Crippen molar-refractivity contribution in [3.63, 3.8) is 0 Å². The van der Waals surface area contributed by atoms with E-state index < -0.39 is 0 Å². The average molecular weight is 854 g/mol. The van der Waals surface area contributed by atoms with Crippen molar-refractivity contribution in [3.05, 3.63) is 264 Å². The van der Waals surface area contributed by atoms with Crippen LogP contribution in [-0.2, 0) is 12.8 Å². The number of anilines is 2. The monoisotopic (exact) mass is 853 g/mol. The quantitative estimate of drug-likeness (QED) is 0.160. The van der Waals surface area contributed by atoms with Gasteiger partial charge in [0, 0.05) is 33.8 Å². The molecule has 0 radical (unpaired) electrons. The Morgan fingerprint density at radius 1 is 0.606 bits per heavy atom. The van der Waals surface area contributed by atoms with E-state index >= 15 is 0 Å². The number of furan rings is 1. The smallest absolute Gasteiger partial charge is 0.143 e. The van der Waals surface area contributed by atoms with Gasteiger partial charge < -0.3 is 9.32 Å². The first kappa shape index (κ1) is 43.3. The summed E-state index contributed by atoms with van der Waals surface area (Å²) in [6, 6.07) is 53.8. The highest BCUT2D eigenvalue weighted by Gasteiger charge is 2.23. The first-order chi connectivity index (χ1) is 32.4. The van der Waals surface area contributed by atoms with Gasteiger partial charge >= 0.3 is 0 Å². The van der Waals surface area contributed by atoms with Gasteiger partial charge in [0.15, 0.2) is 0 Å². The summed E-state index contributed by atoms with van der Waals surface area (Å²) in [7, 11) is 0. The van der Waals surface area contributed by atoms with Crippen LogP contribution in [0.25, 0.3) is 67.0 Å². The van der Waals surface area contributed by atoms with Crippen LogP contribution in [0.2, 0.25) is 0 Å². The zero-order valence-electron chi connectivity index (χ0n) is 38.4. The molecule has 0 fully saturated rings. The van der Waals surface area contributed by atoms with Crippen LogP contribution in [0.4, 0.5) is 11.4 Å². The second kappa shape index (κ2) is 19.4. The van der Waals surface area contributed by atoms with Crippen molar-refractivity contribution in [1.82, 2.24) is 0 Å². The number of allylic oxidation sites excluding steroid dienone is 12. The molecule has 11 rings (SSSR count). The van der Waals surface area contributed by atoms with E-state index in [1.165, 1.54) is 61.2 Å². The van der Waals surface area contributed by atoms with Gasteiger partial charge in [-0.1, -0.05) is 209 Å². The van der Waals surface area contributed by atoms with E-state index in [-0.39, 0.29) is 0 Å². The average Bonchev–Trinajstić information content (AvgIpc) is 3.94. The van der Waals surface area contributed by atoms with Crippen LogP contribution in [0.5, 0.6) is 0 Å². The van der Waals surface area contributed by atoms with Crippen LogP contribution in [0, 0.1) is 0 Å². The molecule has 66 heavy (non-hydrogen) atoms. The molecule has 1 aromatic heterocycles. The van der Waals surface area contributed by atoms with Crippen molar-refractivity contribution < 1.29 is 4.42 Å². The number of hydrogen-bond acceptors (Lipinski definition) is 2. The molecule has 2 heteroatoms. The maximum absolute atomic E-state index is 6.27. The fourth-order valence-electron chi connectivity index (χ4n) is 9.42. The second-order valence-electron chi connectivity index (χ2n) is 16.6. The number of hydrogen-bond donors (Lipinski definition) is 0. The minimum absolute atomic E-state index is 0.890. The van der Waals surface area contributed by atoms with Gasteiger partial charge in [-0.05, 0) is 124 Å². The fourth-order valence-corrected chi connectivity index (χ4v) is 9.42. The van der Waals surface area contributed by atoms with Crippen molar-refractivity contribution in [1.29, 1.82) is 0 Å². The van der Waals surface area contributed by atoms with Crippen molar-refractivity contribution >= 4 is 56.1 Å². The first-order valence-corrected chi connectivity index (χ1v) is 23.1. The summed E-state index contributed by atoms with van der Waals surface area (Å²) in [4.78, 5) is 2.24. The Hall–Kier alpha value is -7.94. The number of benzene rings is 7. The molecule has 2 nitrogen and oxygen atoms in total. The van der Waals surface area contributed by atoms with Crippen molar-refractivity contribution in [2.75, 3.05) is 4.90 Å². The lowest BCUT2D eigenvalue weighted by Crippen LogP contribution is -2.14. The van der Waals surface area contributed by atoms with E-state index in [0.717, 1.165) is 68.4 Å². The Kier molecular flexibility index (Phi) is 12.8. The van der Waals surface area contributed by atoms with Crippen molar-refractivity contribution in [2.24, 2.45) is 0 Å². The Bertz CT molecular complexity index is 3310. The summed E-state index contributed by atoms with van der Waals surface area (Å²) < 4.78 is 6.27. The molecule has 0 bridgehead atoms. The molecule has 0 atom stereocenters. The van der Waals surface area contributed by atoms with Gasteiger partial charge in [-0.25, -0.2) is 0 Å². The van der Waals surface area contributed by atoms with Crippen LogP contribution in [0.1, 0.15) is 66.6 Å². The third kappa shape index (κ3) is 8.54. The molecular weight excluding hydrogens is 799 g/mol. The minimum Gasteiger partial charge on any atom is -0.455 e. The SMILES string of the molecule is C/C=C(\C=C/c1ccc(-c2cccc3c2Cc2ccccc2-3)cc1)c1cccc2c1oc1ccccc12.C=C1/C=C\C=C(\C)Cc2c1ccc1c2C(=C)/C=C\C=C/N1c1ccccc1.CC. The zero-order valence-corrected chi connectivity index (χ0v) is 38.4. The molecule has 0 N–H and O–H groups in total. The molecular formula is C64H55NO. The van der Waals surface area contributed by atoms with Gasteiger partial charge in [-0.3, -0.25) is 0 Å². The Balaban J connectivity index is 0.000000168. The molecule has 3 aliphatic rings. The third-order valence-corrected chi connectivity index (χ3v) is 12.6. The third-order valence-electron chi connectivity index (χ3n) is 12.6. The molecule has 2 heterocycles. The highest BCUT2D eigenvalue weighted by atomic mass is 16.3. The second-order valence-corrected chi connectivity index (χ2v) is 16.6. The molecule has 8 aromatic rings. The predicted octanol–water partition coefficient (Wildman–Crippen LogP) is 18.0. The molecule has 0 amide bonds. The van der Waals surface area contributed by atoms with Gasteiger partial charge in [-0.15, -0.1) is 0 Å². The normalized spacial score (nSPS) is 16.2. The van der Waals surface area contributed by atoms with E-state index in [1.807, 2.05) is 32.0 Å². The van der Waals surface area contributed by atoms with Crippen molar-refractivity contribution in [3.8, 4) is 22.3 Å². The standard InChI is InChI=1S/C36H26O.C26H23N.C2H6/c1-2-25(30-13-8-15-33-32-11-5-6-16-35(32)37-36(30)33)20-17-24-18-21-26(22-19-24)28-12-7-14-31-29-10-4-3-9-27(29)23-34(28)31;1-19-10-9-12-20(2)23-15-16-25-26(24(23)18-19)21(3)11-7-8-17-27(25)22-13-5-4-6-14-22;1-2/h2-22H,23H2,1H3;4-17H,2-3,18H2,1H3;1-2H3/b20-17-,25-2+;11-7-,12-9-,17-8-,19-10-;. The molecule has 2 aliphatic carbocycles. The summed E-state index contributed by atoms with van der Waals surface area (Å²) in [5.41, 5.74) is 22.9. The van der Waals surface area contributed by atoms with Gasteiger partial charge in [0.1, 0.15) is 11.2 Å². The fraction of sp³-hybridized carbons (Fsp3) is 0.0938. The molecule has 0 saturated carbocycles. The summed E-state index contributed by atoms with van der Waals surface area (Å²) in [6.45, 7) is 16.9. The van der Waals surface area contributed by atoms with Gasteiger partial charge in [0.05, 0.1) is 5.69 Å². The zero-order chi connectivity index (χ0) is 45.6. The molecule has 0 saturated heterocycles. The van der Waals surface area contributed by atoms with Crippen LogP contribution in [-0.4, -0.2) is 0 Å². The summed E-state index contributed by atoms with van der Waals surface area (Å²) in [6.07, 6.45) is 23.1. The van der Waals surface area contributed by atoms with E-state index in [0.29, 0.717) is 0 Å². The number of fused-ring (bicyclic) bond motifs is 9. The summed E-state index contributed by atoms with van der Waals surface area (Å²) in [5.74, 6) is 0. The first-order valence-electron chi connectivity index (χ1n) is 23.1. The lowest BCUT2D eigenvalue weighted by atomic mass is 9.85. The van der Waals surface area contributed by atoms with Crippen LogP contribution in [0.3, 0.4) is 0 Å².